The molecule has 0 saturated carbocycles. The predicted molar refractivity (Wildman–Crippen MR) is 70.0 cm³/mol. The lowest BCUT2D eigenvalue weighted by atomic mass is 10.0. The third kappa shape index (κ3) is 1.90. The Hall–Kier alpha value is -2.10. The van der Waals surface area contributed by atoms with Crippen LogP contribution in [0, 0.1) is 13.8 Å². The van der Waals surface area contributed by atoms with Gasteiger partial charge in [-0.05, 0) is 38.0 Å². The van der Waals surface area contributed by atoms with Crippen molar-refractivity contribution in [2.75, 3.05) is 6.61 Å². The number of aromatic amines is 1. The van der Waals surface area contributed by atoms with Crippen molar-refractivity contribution in [2.24, 2.45) is 0 Å². The van der Waals surface area contributed by atoms with Crippen LogP contribution in [-0.4, -0.2) is 17.6 Å². The summed E-state index contributed by atoms with van der Waals surface area (Å²) in [6.45, 7) is 5.69. The summed E-state index contributed by atoms with van der Waals surface area (Å²) in [5.74, 6) is -0.568. The Kier molecular flexibility index (Phi) is 3.19. The minimum atomic E-state index is -0.568. The van der Waals surface area contributed by atoms with E-state index in [0.717, 1.165) is 16.5 Å². The fraction of sp³-hybridized carbons (Fsp3) is 0.286. The molecule has 2 rings (SSSR count). The van der Waals surface area contributed by atoms with Gasteiger partial charge in [0.15, 0.2) is 0 Å². The van der Waals surface area contributed by atoms with Gasteiger partial charge in [0.1, 0.15) is 5.56 Å². The van der Waals surface area contributed by atoms with Crippen LogP contribution >= 0.6 is 0 Å². The summed E-state index contributed by atoms with van der Waals surface area (Å²) in [6.07, 6.45) is 0. The molecule has 0 fully saturated rings. The average molecular weight is 245 g/mol. The van der Waals surface area contributed by atoms with Crippen molar-refractivity contribution in [1.82, 2.24) is 4.98 Å². The van der Waals surface area contributed by atoms with Crippen LogP contribution in [0.2, 0.25) is 0 Å². The zero-order valence-corrected chi connectivity index (χ0v) is 10.7. The zero-order valence-electron chi connectivity index (χ0n) is 10.7. The molecule has 1 N–H and O–H groups in total. The van der Waals surface area contributed by atoms with E-state index in [9.17, 15) is 9.59 Å². The lowest BCUT2D eigenvalue weighted by Crippen LogP contribution is -2.22. The van der Waals surface area contributed by atoms with Crippen LogP contribution in [0.15, 0.2) is 23.0 Å². The highest BCUT2D eigenvalue weighted by Gasteiger charge is 2.18. The van der Waals surface area contributed by atoms with Crippen LogP contribution in [0.4, 0.5) is 0 Å². The summed E-state index contributed by atoms with van der Waals surface area (Å²) in [5.41, 5.74) is 2.13. The molecule has 0 aliphatic heterocycles. The zero-order chi connectivity index (χ0) is 13.3. The van der Waals surface area contributed by atoms with Crippen molar-refractivity contribution >= 4 is 16.9 Å². The van der Waals surface area contributed by atoms with E-state index in [4.69, 9.17) is 4.74 Å². The second-order valence-corrected chi connectivity index (χ2v) is 4.17. The van der Waals surface area contributed by atoms with Crippen LogP contribution in [0.1, 0.15) is 28.4 Å². The Labute approximate surface area is 105 Å². The predicted octanol–water partition coefficient (Wildman–Crippen LogP) is 2.32. The molecule has 1 heterocycles. The van der Waals surface area contributed by atoms with Crippen molar-refractivity contribution < 1.29 is 9.53 Å². The number of nitrogens with one attached hydrogen (secondary N) is 1. The minimum Gasteiger partial charge on any atom is -0.462 e. The standard InChI is InChI=1S/C14H15NO3/c1-4-18-14(17)12-9(3)11-8(2)6-5-7-10(11)15-13(12)16/h5-7H,4H2,1-3H3,(H,15,16). The third-order valence-electron chi connectivity index (χ3n) is 2.98. The number of pyridine rings is 1. The van der Waals surface area contributed by atoms with Gasteiger partial charge >= 0.3 is 5.97 Å². The van der Waals surface area contributed by atoms with Crippen molar-refractivity contribution in [1.29, 1.82) is 0 Å². The summed E-state index contributed by atoms with van der Waals surface area (Å²) in [5, 5.41) is 0.903. The van der Waals surface area contributed by atoms with Gasteiger partial charge < -0.3 is 9.72 Å². The maximum Gasteiger partial charge on any atom is 0.344 e. The fourth-order valence-corrected chi connectivity index (χ4v) is 2.20. The van der Waals surface area contributed by atoms with Crippen molar-refractivity contribution in [3.63, 3.8) is 0 Å². The van der Waals surface area contributed by atoms with E-state index in [-0.39, 0.29) is 12.2 Å². The van der Waals surface area contributed by atoms with Crippen LogP contribution in [0.25, 0.3) is 10.9 Å². The van der Waals surface area contributed by atoms with Crippen molar-refractivity contribution in [3.05, 3.63) is 45.2 Å². The highest BCUT2D eigenvalue weighted by atomic mass is 16.5. The lowest BCUT2D eigenvalue weighted by molar-refractivity contribution is 0.0523. The molecule has 1 aromatic heterocycles. The Balaban J connectivity index is 2.80. The number of carbonyl (C=O) groups excluding carboxylic acids is 1. The molecule has 2 aromatic rings. The van der Waals surface area contributed by atoms with E-state index in [1.54, 1.807) is 13.8 Å². The van der Waals surface area contributed by atoms with E-state index >= 15 is 0 Å². The Bertz CT molecular complexity index is 671. The molecule has 4 heteroatoms. The van der Waals surface area contributed by atoms with Crippen LogP contribution in [0.3, 0.4) is 0 Å². The first-order chi connectivity index (χ1) is 8.56. The number of aryl methyl sites for hydroxylation is 2. The molecule has 0 atom stereocenters. The fourth-order valence-electron chi connectivity index (χ4n) is 2.20. The first kappa shape index (κ1) is 12.4. The molecule has 0 saturated heterocycles. The van der Waals surface area contributed by atoms with Crippen LogP contribution in [0.5, 0.6) is 0 Å². The third-order valence-corrected chi connectivity index (χ3v) is 2.98. The molecule has 0 radical (unpaired) electrons. The molecule has 18 heavy (non-hydrogen) atoms. The minimum absolute atomic E-state index is 0.0960. The maximum absolute atomic E-state index is 11.9. The molecule has 0 amide bonds. The van der Waals surface area contributed by atoms with Gasteiger partial charge in [0.25, 0.3) is 5.56 Å². The van der Waals surface area contributed by atoms with Gasteiger partial charge in [-0.1, -0.05) is 12.1 Å². The summed E-state index contributed by atoms with van der Waals surface area (Å²) in [7, 11) is 0. The average Bonchev–Trinajstić information content (AvgIpc) is 2.28. The maximum atomic E-state index is 11.9. The molecular formula is C14H15NO3. The van der Waals surface area contributed by atoms with Gasteiger partial charge in [0, 0.05) is 10.9 Å². The number of esters is 1. The summed E-state index contributed by atoms with van der Waals surface area (Å²) >= 11 is 0. The molecule has 0 bridgehead atoms. The van der Waals surface area contributed by atoms with Gasteiger partial charge in [0.05, 0.1) is 6.61 Å². The molecular weight excluding hydrogens is 230 g/mol. The second-order valence-electron chi connectivity index (χ2n) is 4.17. The Morgan fingerprint density at radius 1 is 1.33 bits per heavy atom. The highest BCUT2D eigenvalue weighted by molar-refractivity contribution is 5.97. The number of rotatable bonds is 2. The molecule has 94 valence electrons. The van der Waals surface area contributed by atoms with Gasteiger partial charge in [-0.2, -0.15) is 0 Å². The number of hydrogen-bond acceptors (Lipinski definition) is 3. The molecule has 1 aromatic carbocycles. The van der Waals surface area contributed by atoms with Gasteiger partial charge in [-0.25, -0.2) is 4.79 Å². The van der Waals surface area contributed by atoms with Crippen LogP contribution < -0.4 is 5.56 Å². The first-order valence-corrected chi connectivity index (χ1v) is 5.85. The largest absolute Gasteiger partial charge is 0.462 e. The van der Waals surface area contributed by atoms with E-state index in [1.165, 1.54) is 0 Å². The Morgan fingerprint density at radius 2 is 2.06 bits per heavy atom. The number of H-pyrrole nitrogens is 1. The SMILES string of the molecule is CCOC(=O)c1c(C)c2c(C)cccc2[nH]c1=O. The monoisotopic (exact) mass is 245 g/mol. The molecule has 0 unspecified atom stereocenters. The molecule has 0 aliphatic carbocycles. The summed E-state index contributed by atoms with van der Waals surface area (Å²) in [4.78, 5) is 26.4. The topological polar surface area (TPSA) is 59.2 Å². The smallest absolute Gasteiger partial charge is 0.344 e. The first-order valence-electron chi connectivity index (χ1n) is 5.85. The molecule has 0 spiro atoms. The van der Waals surface area contributed by atoms with Gasteiger partial charge in [0.2, 0.25) is 0 Å². The van der Waals surface area contributed by atoms with E-state index < -0.39 is 11.5 Å². The molecule has 4 nitrogen and oxygen atoms in total. The second kappa shape index (κ2) is 4.64. The Morgan fingerprint density at radius 3 is 2.72 bits per heavy atom. The van der Waals surface area contributed by atoms with Crippen molar-refractivity contribution in [3.8, 4) is 0 Å². The van der Waals surface area contributed by atoms with Gasteiger partial charge in [-0.3, -0.25) is 4.79 Å². The quantitative estimate of drug-likeness (QED) is 0.826. The van der Waals surface area contributed by atoms with Crippen molar-refractivity contribution in [2.45, 2.75) is 20.8 Å². The van der Waals surface area contributed by atoms with E-state index in [0.29, 0.717) is 5.56 Å². The highest BCUT2D eigenvalue weighted by Crippen LogP contribution is 2.21. The summed E-state index contributed by atoms with van der Waals surface area (Å²) < 4.78 is 4.92. The number of benzene rings is 1. The molecule has 0 aliphatic rings. The number of fused-ring (bicyclic) bond motifs is 1. The lowest BCUT2D eigenvalue weighted by Gasteiger charge is -2.09. The number of ether oxygens (including phenoxy) is 1. The summed E-state index contributed by atoms with van der Waals surface area (Å²) in [6, 6.07) is 5.64. The van der Waals surface area contributed by atoms with Gasteiger partial charge in [-0.15, -0.1) is 0 Å². The van der Waals surface area contributed by atoms with Crippen LogP contribution in [-0.2, 0) is 4.74 Å². The van der Waals surface area contributed by atoms with E-state index in [1.807, 2.05) is 25.1 Å². The number of aromatic nitrogens is 1. The number of carbonyl (C=O) groups is 1. The number of hydrogen-bond donors (Lipinski definition) is 1. The normalized spacial score (nSPS) is 10.6. The van der Waals surface area contributed by atoms with E-state index in [2.05, 4.69) is 4.98 Å².